The van der Waals surface area contributed by atoms with Crippen molar-refractivity contribution in [2.24, 2.45) is 0 Å². The van der Waals surface area contributed by atoms with Crippen molar-refractivity contribution in [3.05, 3.63) is 107 Å². The van der Waals surface area contributed by atoms with Gasteiger partial charge in [-0.05, 0) is 73.0 Å². The molecule has 4 aromatic rings. The number of anilines is 1. The van der Waals surface area contributed by atoms with Crippen LogP contribution in [0, 0.1) is 0 Å². The van der Waals surface area contributed by atoms with Crippen molar-refractivity contribution < 1.29 is 9.53 Å². The van der Waals surface area contributed by atoms with Crippen molar-refractivity contribution in [3.8, 4) is 0 Å². The second-order valence-electron chi connectivity index (χ2n) is 8.50. The van der Waals surface area contributed by atoms with Crippen LogP contribution in [0.25, 0.3) is 10.8 Å². The van der Waals surface area contributed by atoms with Crippen LogP contribution >= 0.6 is 11.6 Å². The van der Waals surface area contributed by atoms with E-state index in [9.17, 15) is 4.79 Å². The molecule has 0 radical (unpaired) electrons. The van der Waals surface area contributed by atoms with Gasteiger partial charge >= 0.3 is 5.97 Å². The molecule has 4 rings (SSSR count). The lowest BCUT2D eigenvalue weighted by atomic mass is 9.87. The maximum Gasteiger partial charge on any atom is 0.339 e. The number of likely N-dealkylation sites (N-methyl/N-ethyl adjacent to an activating group) is 1. The second-order valence-corrected chi connectivity index (χ2v) is 8.94. The zero-order valence-corrected chi connectivity index (χ0v) is 20.5. The molecule has 5 heteroatoms. The fraction of sp³-hybridized carbons (Fsp3) is 0.241. The highest BCUT2D eigenvalue weighted by molar-refractivity contribution is 6.30. The van der Waals surface area contributed by atoms with Crippen LogP contribution in [0.4, 0.5) is 5.69 Å². The fourth-order valence-corrected chi connectivity index (χ4v) is 4.41. The van der Waals surface area contributed by atoms with E-state index in [0.717, 1.165) is 22.8 Å². The normalized spacial score (nSPS) is 12.8. The lowest BCUT2D eigenvalue weighted by molar-refractivity contribution is 0.0526. The van der Waals surface area contributed by atoms with Crippen molar-refractivity contribution in [2.75, 3.05) is 18.6 Å². The molecule has 0 aliphatic heterocycles. The Bertz CT molecular complexity index is 1260. The van der Waals surface area contributed by atoms with Gasteiger partial charge in [-0.2, -0.15) is 0 Å². The minimum atomic E-state index is -0.347. The molecule has 2 unspecified atom stereocenters. The maximum absolute atomic E-state index is 12.0. The molecular weight excluding hydrogens is 444 g/mol. The number of ether oxygens (including phenoxy) is 1. The molecule has 0 fully saturated rings. The molecule has 2 atom stereocenters. The summed E-state index contributed by atoms with van der Waals surface area (Å²) in [5.41, 5.74) is 3.75. The van der Waals surface area contributed by atoms with Crippen molar-refractivity contribution in [1.82, 2.24) is 4.98 Å². The third-order valence-electron chi connectivity index (χ3n) is 6.40. The van der Waals surface area contributed by atoms with Crippen LogP contribution in [0.3, 0.4) is 0 Å². The van der Waals surface area contributed by atoms with Crippen molar-refractivity contribution in [2.45, 2.75) is 32.2 Å². The highest BCUT2D eigenvalue weighted by Crippen LogP contribution is 2.31. The van der Waals surface area contributed by atoms with Crippen molar-refractivity contribution in [3.63, 3.8) is 0 Å². The van der Waals surface area contributed by atoms with Gasteiger partial charge in [0.1, 0.15) is 0 Å². The Kier molecular flexibility index (Phi) is 7.49. The number of hydrogen-bond donors (Lipinski definition) is 0. The van der Waals surface area contributed by atoms with E-state index in [2.05, 4.69) is 78.5 Å². The standard InChI is InChI=1S/C29H29ClN2O2/c1-4-34-29(33)24-11-15-26(31-19-24)18-28(22-9-13-25(30)14-10-22)20(2)32(3)27-16-12-21-7-5-6-8-23(21)17-27/h5-17,19-20,28H,4,18H2,1-3H3. The number of benzene rings is 3. The third kappa shape index (κ3) is 5.40. The molecular formula is C29H29ClN2O2. The molecule has 1 heterocycles. The average Bonchev–Trinajstić information content (AvgIpc) is 2.87. The Morgan fingerprint density at radius 3 is 2.41 bits per heavy atom. The maximum atomic E-state index is 12.0. The highest BCUT2D eigenvalue weighted by atomic mass is 35.5. The van der Waals surface area contributed by atoms with Gasteiger partial charge in [-0.25, -0.2) is 4.79 Å². The summed E-state index contributed by atoms with van der Waals surface area (Å²) in [6.07, 6.45) is 2.33. The molecule has 0 amide bonds. The number of esters is 1. The number of hydrogen-bond acceptors (Lipinski definition) is 4. The first-order valence-electron chi connectivity index (χ1n) is 11.6. The summed E-state index contributed by atoms with van der Waals surface area (Å²) in [6, 6.07) is 26.9. The lowest BCUT2D eigenvalue weighted by Crippen LogP contribution is -2.35. The van der Waals surface area contributed by atoms with Gasteiger partial charge in [0, 0.05) is 41.6 Å². The van der Waals surface area contributed by atoms with Gasteiger partial charge in [0.25, 0.3) is 0 Å². The topological polar surface area (TPSA) is 42.4 Å². The van der Waals surface area contributed by atoms with E-state index in [1.807, 2.05) is 18.2 Å². The molecule has 34 heavy (non-hydrogen) atoms. The molecule has 0 aliphatic carbocycles. The molecule has 0 aliphatic rings. The van der Waals surface area contributed by atoms with Crippen LogP contribution in [0.15, 0.2) is 85.1 Å². The van der Waals surface area contributed by atoms with Gasteiger partial charge in [-0.3, -0.25) is 4.98 Å². The number of carbonyl (C=O) groups excluding carboxylic acids is 1. The van der Waals surface area contributed by atoms with Gasteiger partial charge in [0.2, 0.25) is 0 Å². The predicted molar refractivity (Wildman–Crippen MR) is 140 cm³/mol. The number of halogens is 1. The van der Waals surface area contributed by atoms with Crippen molar-refractivity contribution >= 4 is 34.0 Å². The van der Waals surface area contributed by atoms with Crippen LogP contribution in [0.5, 0.6) is 0 Å². The van der Waals surface area contributed by atoms with Crippen LogP contribution in [-0.2, 0) is 11.2 Å². The van der Waals surface area contributed by atoms with E-state index in [1.165, 1.54) is 16.3 Å². The molecule has 0 saturated carbocycles. The van der Waals surface area contributed by atoms with E-state index in [0.29, 0.717) is 12.2 Å². The summed E-state index contributed by atoms with van der Waals surface area (Å²) in [7, 11) is 2.13. The second kappa shape index (κ2) is 10.7. The quantitative estimate of drug-likeness (QED) is 0.261. The number of aromatic nitrogens is 1. The van der Waals surface area contributed by atoms with E-state index in [1.54, 1.807) is 19.2 Å². The van der Waals surface area contributed by atoms with Crippen LogP contribution in [0.2, 0.25) is 5.02 Å². The Morgan fingerprint density at radius 1 is 1.00 bits per heavy atom. The summed E-state index contributed by atoms with van der Waals surface area (Å²) in [4.78, 5) is 18.9. The summed E-state index contributed by atoms with van der Waals surface area (Å²) >= 11 is 6.18. The Morgan fingerprint density at radius 2 is 1.74 bits per heavy atom. The summed E-state index contributed by atoms with van der Waals surface area (Å²) < 4.78 is 5.08. The first kappa shape index (κ1) is 23.8. The smallest absolute Gasteiger partial charge is 0.339 e. The molecule has 174 valence electrons. The van der Waals surface area contributed by atoms with E-state index >= 15 is 0 Å². The zero-order valence-electron chi connectivity index (χ0n) is 19.7. The molecule has 0 N–H and O–H groups in total. The summed E-state index contributed by atoms with van der Waals surface area (Å²) in [5, 5.41) is 3.17. The fourth-order valence-electron chi connectivity index (χ4n) is 4.28. The Hall–Kier alpha value is -3.37. The number of rotatable bonds is 8. The largest absolute Gasteiger partial charge is 0.462 e. The van der Waals surface area contributed by atoms with Gasteiger partial charge in [0.15, 0.2) is 0 Å². The number of carbonyl (C=O) groups is 1. The molecule has 4 nitrogen and oxygen atoms in total. The minimum absolute atomic E-state index is 0.162. The molecule has 0 spiro atoms. The molecule has 0 saturated heterocycles. The first-order valence-corrected chi connectivity index (χ1v) is 11.9. The van der Waals surface area contributed by atoms with Gasteiger partial charge < -0.3 is 9.64 Å². The summed E-state index contributed by atoms with van der Waals surface area (Å²) in [6.45, 7) is 4.38. The summed E-state index contributed by atoms with van der Waals surface area (Å²) in [5.74, 6) is -0.185. The predicted octanol–water partition coefficient (Wildman–Crippen LogP) is 6.92. The first-order chi connectivity index (χ1) is 16.5. The molecule has 1 aromatic heterocycles. The number of pyridine rings is 1. The molecule has 3 aromatic carbocycles. The van der Waals surface area contributed by atoms with Gasteiger partial charge in [-0.15, -0.1) is 0 Å². The SMILES string of the molecule is CCOC(=O)c1ccc(CC(c2ccc(Cl)cc2)C(C)N(C)c2ccc3ccccc3c2)nc1. The van der Waals surface area contributed by atoms with Gasteiger partial charge in [-0.1, -0.05) is 54.1 Å². The van der Waals surface area contributed by atoms with Gasteiger partial charge in [0.05, 0.1) is 12.2 Å². The minimum Gasteiger partial charge on any atom is -0.462 e. The highest BCUT2D eigenvalue weighted by Gasteiger charge is 2.25. The van der Waals surface area contributed by atoms with Crippen LogP contribution < -0.4 is 4.90 Å². The Balaban J connectivity index is 1.62. The van der Waals surface area contributed by atoms with E-state index in [-0.39, 0.29) is 17.9 Å². The Labute approximate surface area is 206 Å². The average molecular weight is 473 g/mol. The lowest BCUT2D eigenvalue weighted by Gasteiger charge is -2.34. The number of fused-ring (bicyclic) bond motifs is 1. The van der Waals surface area contributed by atoms with E-state index < -0.39 is 0 Å². The molecule has 0 bridgehead atoms. The van der Waals surface area contributed by atoms with Crippen molar-refractivity contribution in [1.29, 1.82) is 0 Å². The van der Waals surface area contributed by atoms with Crippen LogP contribution in [-0.4, -0.2) is 30.6 Å². The number of nitrogens with zero attached hydrogens (tertiary/aromatic N) is 2. The monoisotopic (exact) mass is 472 g/mol. The third-order valence-corrected chi connectivity index (χ3v) is 6.65. The van der Waals surface area contributed by atoms with E-state index in [4.69, 9.17) is 16.3 Å². The zero-order chi connectivity index (χ0) is 24.1. The van der Waals surface area contributed by atoms with Crippen LogP contribution in [0.1, 0.15) is 41.4 Å².